The van der Waals surface area contributed by atoms with Crippen molar-refractivity contribution < 1.29 is 13.2 Å². The predicted molar refractivity (Wildman–Crippen MR) is 144 cm³/mol. The van der Waals surface area contributed by atoms with Crippen LogP contribution in [0.3, 0.4) is 0 Å². The number of thiocarbonyl (C=S) groups is 1. The Labute approximate surface area is 219 Å². The van der Waals surface area contributed by atoms with E-state index in [0.717, 1.165) is 40.8 Å². The number of hydrogen-bond acceptors (Lipinski definition) is 2. The topological polar surface area (TPSA) is 33.1 Å². The highest BCUT2D eigenvalue weighted by atomic mass is 32.1. The molecule has 0 amide bonds. The van der Waals surface area contributed by atoms with Gasteiger partial charge in [0.25, 0.3) is 0 Å². The molecule has 1 fully saturated rings. The Morgan fingerprint density at radius 1 is 0.946 bits per heavy atom. The van der Waals surface area contributed by atoms with Gasteiger partial charge in [0.05, 0.1) is 23.3 Å². The summed E-state index contributed by atoms with van der Waals surface area (Å²) in [4.78, 5) is 6.69. The second-order valence-corrected chi connectivity index (χ2v) is 9.61. The second-order valence-electron chi connectivity index (χ2n) is 9.23. The summed E-state index contributed by atoms with van der Waals surface area (Å²) in [6.45, 7) is 5.96. The first kappa shape index (κ1) is 25.0. The van der Waals surface area contributed by atoms with Crippen molar-refractivity contribution in [2.45, 2.75) is 45.5 Å². The van der Waals surface area contributed by atoms with Crippen LogP contribution in [-0.2, 0) is 12.6 Å². The van der Waals surface area contributed by atoms with Crippen molar-refractivity contribution in [1.82, 2.24) is 14.9 Å². The first-order valence-electron chi connectivity index (χ1n) is 12.1. The molecule has 0 aliphatic carbocycles. The first-order valence-corrected chi connectivity index (χ1v) is 12.6. The van der Waals surface area contributed by atoms with Gasteiger partial charge in [0.1, 0.15) is 0 Å². The third-order valence-corrected chi connectivity index (χ3v) is 7.26. The fourth-order valence-corrected chi connectivity index (χ4v) is 5.49. The molecule has 2 aromatic carbocycles. The lowest BCUT2D eigenvalue weighted by atomic mass is 9.96. The number of benzene rings is 2. The standard InChI is InChI=1S/C29H27F3N4S/c1-4-20-11-13-22(14-12-20)36-27(26(34-28(36)37)25-10-5-6-15-33-25)24-16-18(2)35(19(24)3)23-9-7-8-21(17-23)29(30,31)32/h5-17,26-27H,4H2,1-3H3,(H,34,37)/t26-,27+/m0/s1. The van der Waals surface area contributed by atoms with Gasteiger partial charge < -0.3 is 14.8 Å². The van der Waals surface area contributed by atoms with Crippen LogP contribution in [0.2, 0.25) is 0 Å². The Morgan fingerprint density at radius 2 is 1.70 bits per heavy atom. The number of nitrogens with zero attached hydrogens (tertiary/aromatic N) is 3. The summed E-state index contributed by atoms with van der Waals surface area (Å²) in [6.07, 6.45) is -1.73. The molecular formula is C29H27F3N4S. The molecular weight excluding hydrogens is 493 g/mol. The normalized spacial score (nSPS) is 17.8. The van der Waals surface area contributed by atoms with Crippen LogP contribution >= 0.6 is 12.2 Å². The number of nitrogens with one attached hydrogen (secondary N) is 1. The zero-order valence-electron chi connectivity index (χ0n) is 20.8. The molecule has 1 N–H and O–H groups in total. The summed E-state index contributed by atoms with van der Waals surface area (Å²) < 4.78 is 42.3. The number of alkyl halides is 3. The minimum atomic E-state index is -4.42. The van der Waals surface area contributed by atoms with Crippen LogP contribution < -0.4 is 10.2 Å². The number of halogens is 3. The zero-order valence-corrected chi connectivity index (χ0v) is 21.6. The predicted octanol–water partition coefficient (Wildman–Crippen LogP) is 7.25. The van der Waals surface area contributed by atoms with Crippen molar-refractivity contribution >= 4 is 23.0 Å². The van der Waals surface area contributed by atoms with E-state index in [-0.39, 0.29) is 12.1 Å². The third kappa shape index (κ3) is 4.62. The van der Waals surface area contributed by atoms with Gasteiger partial charge in [0, 0.05) is 29.0 Å². The number of pyridine rings is 1. The monoisotopic (exact) mass is 520 g/mol. The summed E-state index contributed by atoms with van der Waals surface area (Å²) in [5.74, 6) is 0. The van der Waals surface area contributed by atoms with Crippen molar-refractivity contribution in [2.75, 3.05) is 4.90 Å². The van der Waals surface area contributed by atoms with Crippen molar-refractivity contribution in [3.63, 3.8) is 0 Å². The lowest BCUT2D eigenvalue weighted by Gasteiger charge is -2.28. The Morgan fingerprint density at radius 3 is 2.35 bits per heavy atom. The molecule has 0 bridgehead atoms. The molecule has 8 heteroatoms. The van der Waals surface area contributed by atoms with Crippen LogP contribution in [0.25, 0.3) is 5.69 Å². The van der Waals surface area contributed by atoms with Gasteiger partial charge in [-0.3, -0.25) is 4.98 Å². The van der Waals surface area contributed by atoms with Gasteiger partial charge in [-0.1, -0.05) is 31.2 Å². The van der Waals surface area contributed by atoms with Gasteiger partial charge in [-0.15, -0.1) is 0 Å². The zero-order chi connectivity index (χ0) is 26.3. The third-order valence-electron chi connectivity index (χ3n) is 6.94. The van der Waals surface area contributed by atoms with E-state index in [2.05, 4.69) is 46.4 Å². The van der Waals surface area contributed by atoms with E-state index in [1.165, 1.54) is 17.7 Å². The van der Waals surface area contributed by atoms with Gasteiger partial charge >= 0.3 is 6.18 Å². The number of aromatic nitrogens is 2. The molecule has 1 saturated heterocycles. The first-order chi connectivity index (χ1) is 17.7. The van der Waals surface area contributed by atoms with E-state index in [1.807, 2.05) is 42.7 Å². The average Bonchev–Trinajstić information content (AvgIpc) is 3.39. The molecule has 2 aromatic heterocycles. The average molecular weight is 521 g/mol. The Kier molecular flexibility index (Phi) is 6.54. The largest absolute Gasteiger partial charge is 0.416 e. The summed E-state index contributed by atoms with van der Waals surface area (Å²) in [5, 5.41) is 4.04. The maximum Gasteiger partial charge on any atom is 0.416 e. The summed E-state index contributed by atoms with van der Waals surface area (Å²) >= 11 is 5.83. The van der Waals surface area contributed by atoms with Gasteiger partial charge in [0.15, 0.2) is 5.11 Å². The molecule has 0 unspecified atom stereocenters. The summed E-state index contributed by atoms with van der Waals surface area (Å²) in [7, 11) is 0. The van der Waals surface area contributed by atoms with E-state index in [0.29, 0.717) is 10.8 Å². The Balaban J connectivity index is 1.66. The molecule has 190 valence electrons. The Hall–Kier alpha value is -3.65. The van der Waals surface area contributed by atoms with E-state index in [4.69, 9.17) is 12.2 Å². The van der Waals surface area contributed by atoms with Gasteiger partial charge in [-0.05, 0) is 92.1 Å². The van der Waals surface area contributed by atoms with Crippen LogP contribution in [0.15, 0.2) is 79.0 Å². The van der Waals surface area contributed by atoms with Crippen molar-refractivity contribution in [1.29, 1.82) is 0 Å². The lowest BCUT2D eigenvalue weighted by molar-refractivity contribution is -0.137. The van der Waals surface area contributed by atoms with Crippen LogP contribution in [0.4, 0.5) is 18.9 Å². The number of anilines is 1. The minimum absolute atomic E-state index is 0.241. The van der Waals surface area contributed by atoms with Gasteiger partial charge in [-0.25, -0.2) is 0 Å². The van der Waals surface area contributed by atoms with Crippen molar-refractivity contribution in [3.05, 3.63) is 113 Å². The van der Waals surface area contributed by atoms with Crippen molar-refractivity contribution in [3.8, 4) is 5.69 Å². The molecule has 1 aliphatic heterocycles. The quantitative estimate of drug-likeness (QED) is 0.281. The van der Waals surface area contributed by atoms with Gasteiger partial charge in [-0.2, -0.15) is 13.2 Å². The fourth-order valence-electron chi connectivity index (χ4n) is 5.15. The fraction of sp³-hybridized carbons (Fsp3) is 0.241. The van der Waals surface area contributed by atoms with Crippen LogP contribution in [0.1, 0.15) is 52.8 Å². The van der Waals surface area contributed by atoms with Crippen LogP contribution in [-0.4, -0.2) is 14.7 Å². The molecule has 3 heterocycles. The summed E-state index contributed by atoms with van der Waals surface area (Å²) in [6, 6.07) is 21.1. The molecule has 0 radical (unpaired) electrons. The molecule has 0 saturated carbocycles. The second kappa shape index (κ2) is 9.67. The Bertz CT molecular complexity index is 1430. The molecule has 37 heavy (non-hydrogen) atoms. The molecule has 5 rings (SSSR count). The van der Waals surface area contributed by atoms with E-state index >= 15 is 0 Å². The van der Waals surface area contributed by atoms with E-state index in [1.54, 1.807) is 12.3 Å². The molecule has 4 nitrogen and oxygen atoms in total. The number of rotatable bonds is 5. The number of aryl methyl sites for hydroxylation is 2. The molecule has 2 atom stereocenters. The van der Waals surface area contributed by atoms with E-state index in [9.17, 15) is 13.2 Å². The van der Waals surface area contributed by atoms with Crippen LogP contribution in [0, 0.1) is 13.8 Å². The highest BCUT2D eigenvalue weighted by Crippen LogP contribution is 2.44. The van der Waals surface area contributed by atoms with Gasteiger partial charge in [0.2, 0.25) is 0 Å². The van der Waals surface area contributed by atoms with Crippen LogP contribution in [0.5, 0.6) is 0 Å². The maximum absolute atomic E-state index is 13.5. The lowest BCUT2D eigenvalue weighted by Crippen LogP contribution is -2.29. The molecule has 0 spiro atoms. The minimum Gasteiger partial charge on any atom is -0.351 e. The van der Waals surface area contributed by atoms with Crippen molar-refractivity contribution in [2.24, 2.45) is 0 Å². The molecule has 4 aromatic rings. The van der Waals surface area contributed by atoms with E-state index < -0.39 is 11.7 Å². The smallest absolute Gasteiger partial charge is 0.351 e. The SMILES string of the molecule is CCc1ccc(N2C(=S)N[C@@H](c3ccccn3)[C@H]2c2cc(C)n(-c3cccc(C(F)(F)F)c3)c2C)cc1. The number of hydrogen-bond donors (Lipinski definition) is 1. The highest BCUT2D eigenvalue weighted by Gasteiger charge is 2.42. The summed E-state index contributed by atoms with van der Waals surface area (Å²) in [5.41, 5.74) is 5.47. The maximum atomic E-state index is 13.5. The molecule has 1 aliphatic rings. The highest BCUT2D eigenvalue weighted by molar-refractivity contribution is 7.80.